The maximum atomic E-state index is 3.89. The third-order valence-electron chi connectivity index (χ3n) is 10.4. The summed E-state index contributed by atoms with van der Waals surface area (Å²) in [7, 11) is 0. The van der Waals surface area contributed by atoms with E-state index in [-0.39, 0.29) is 5.92 Å². The van der Waals surface area contributed by atoms with Gasteiger partial charge in [0, 0.05) is 23.0 Å². The molecule has 0 aromatic heterocycles. The van der Waals surface area contributed by atoms with E-state index >= 15 is 0 Å². The van der Waals surface area contributed by atoms with Crippen molar-refractivity contribution in [2.45, 2.75) is 11.8 Å². The largest absolute Gasteiger partial charge is 0.310 e. The Labute approximate surface area is 306 Å². The third-order valence-corrected chi connectivity index (χ3v) is 10.4. The lowest BCUT2D eigenvalue weighted by molar-refractivity contribution is 0.813. The molecule has 9 rings (SSSR count). The number of rotatable bonds is 6. The SMILES string of the molecule is C(#CC1(c2ccccc2)c2ccccc2-c2cc(N(c3ccccc3)c3ccc(-c4ccc(-c5ccccc5)cc4)cc3)ccc21)C1C=CC=CC1. The fraction of sp³-hybridized carbons (Fsp3) is 0.0588. The minimum atomic E-state index is -0.573. The highest BCUT2D eigenvalue weighted by molar-refractivity contribution is 5.90. The highest BCUT2D eigenvalue weighted by atomic mass is 15.1. The second-order valence-electron chi connectivity index (χ2n) is 13.5. The zero-order chi connectivity index (χ0) is 34.7. The van der Waals surface area contributed by atoms with Crippen molar-refractivity contribution < 1.29 is 0 Å². The highest BCUT2D eigenvalue weighted by Gasteiger charge is 2.44. The molecule has 0 saturated carbocycles. The third kappa shape index (κ3) is 5.65. The number of hydrogen-bond donors (Lipinski definition) is 0. The zero-order valence-corrected chi connectivity index (χ0v) is 28.9. The van der Waals surface area contributed by atoms with Crippen LogP contribution in [0.1, 0.15) is 23.1 Å². The molecule has 2 aliphatic rings. The standard InChI is InChI=1S/C51H37N/c1-5-15-38(16-6-1)35-36-51(43-19-9-3-10-20-43)49-24-14-13-23-47(49)48-37-46(33-34-50(48)51)52(44-21-11-4-12-22-44)45-31-29-42(30-32-45)41-27-25-40(26-28-41)39-17-7-2-8-18-39/h1-15,17-34,37-38H,16H2. The highest BCUT2D eigenvalue weighted by Crippen LogP contribution is 2.54. The first kappa shape index (κ1) is 31.4. The van der Waals surface area contributed by atoms with E-state index in [2.05, 4.69) is 223 Å². The van der Waals surface area contributed by atoms with Gasteiger partial charge in [0.15, 0.2) is 0 Å². The van der Waals surface area contributed by atoms with Crippen molar-refractivity contribution in [3.63, 3.8) is 0 Å². The molecule has 0 radical (unpaired) electrons. The van der Waals surface area contributed by atoms with Gasteiger partial charge in [0.1, 0.15) is 5.41 Å². The van der Waals surface area contributed by atoms with Crippen LogP contribution in [0.5, 0.6) is 0 Å². The van der Waals surface area contributed by atoms with Gasteiger partial charge in [-0.05, 0) is 92.9 Å². The van der Waals surface area contributed by atoms with E-state index in [0.717, 1.165) is 23.5 Å². The van der Waals surface area contributed by atoms with Crippen LogP contribution in [0.15, 0.2) is 206 Å². The lowest BCUT2D eigenvalue weighted by atomic mass is 9.72. The van der Waals surface area contributed by atoms with Crippen LogP contribution in [0.4, 0.5) is 17.1 Å². The summed E-state index contributed by atoms with van der Waals surface area (Å²) >= 11 is 0. The summed E-state index contributed by atoms with van der Waals surface area (Å²) < 4.78 is 0. The van der Waals surface area contributed by atoms with Crippen molar-refractivity contribution in [1.82, 2.24) is 0 Å². The van der Waals surface area contributed by atoms with Crippen LogP contribution in [0.3, 0.4) is 0 Å². The molecule has 7 aromatic carbocycles. The second-order valence-corrected chi connectivity index (χ2v) is 13.5. The van der Waals surface area contributed by atoms with Crippen molar-refractivity contribution in [3.05, 3.63) is 223 Å². The summed E-state index contributed by atoms with van der Waals surface area (Å²) in [5.74, 6) is 7.79. The molecule has 2 unspecified atom stereocenters. The van der Waals surface area contributed by atoms with Crippen molar-refractivity contribution in [3.8, 4) is 45.2 Å². The maximum absolute atomic E-state index is 3.89. The maximum Gasteiger partial charge on any atom is 0.107 e. The number of allylic oxidation sites excluding steroid dienone is 4. The van der Waals surface area contributed by atoms with Crippen molar-refractivity contribution in [1.29, 1.82) is 0 Å². The van der Waals surface area contributed by atoms with Crippen LogP contribution < -0.4 is 4.90 Å². The normalized spacial score (nSPS) is 16.7. The van der Waals surface area contributed by atoms with E-state index in [1.165, 1.54) is 50.1 Å². The minimum Gasteiger partial charge on any atom is -0.310 e. The predicted molar refractivity (Wildman–Crippen MR) is 218 cm³/mol. The Morgan fingerprint density at radius 1 is 0.462 bits per heavy atom. The number of para-hydroxylation sites is 1. The van der Waals surface area contributed by atoms with Gasteiger partial charge in [-0.25, -0.2) is 0 Å². The number of nitrogens with zero attached hydrogens (tertiary/aromatic N) is 1. The first-order valence-corrected chi connectivity index (χ1v) is 18.0. The molecule has 0 heterocycles. The van der Waals surface area contributed by atoms with Crippen LogP contribution >= 0.6 is 0 Å². The Morgan fingerprint density at radius 3 is 1.67 bits per heavy atom. The number of fused-ring (bicyclic) bond motifs is 3. The fourth-order valence-electron chi connectivity index (χ4n) is 7.82. The summed E-state index contributed by atoms with van der Waals surface area (Å²) in [4.78, 5) is 2.36. The topological polar surface area (TPSA) is 3.24 Å². The molecule has 2 aliphatic carbocycles. The van der Waals surface area contributed by atoms with Gasteiger partial charge in [0.25, 0.3) is 0 Å². The molecule has 0 N–H and O–H groups in total. The van der Waals surface area contributed by atoms with Crippen molar-refractivity contribution in [2.75, 3.05) is 4.90 Å². The molecule has 1 heteroatoms. The molecule has 52 heavy (non-hydrogen) atoms. The minimum absolute atomic E-state index is 0.194. The fourth-order valence-corrected chi connectivity index (χ4v) is 7.82. The molecule has 0 amide bonds. The van der Waals surface area contributed by atoms with Crippen LogP contribution in [0.25, 0.3) is 33.4 Å². The number of hydrogen-bond acceptors (Lipinski definition) is 1. The van der Waals surface area contributed by atoms with E-state index in [4.69, 9.17) is 0 Å². The van der Waals surface area contributed by atoms with Gasteiger partial charge in [-0.1, -0.05) is 182 Å². The van der Waals surface area contributed by atoms with Gasteiger partial charge < -0.3 is 4.90 Å². The van der Waals surface area contributed by atoms with E-state index in [0.29, 0.717) is 0 Å². The average Bonchev–Trinajstić information content (AvgIpc) is 3.52. The van der Waals surface area contributed by atoms with Crippen LogP contribution in [-0.4, -0.2) is 0 Å². The monoisotopic (exact) mass is 663 g/mol. The van der Waals surface area contributed by atoms with Crippen LogP contribution in [0.2, 0.25) is 0 Å². The second kappa shape index (κ2) is 13.6. The van der Waals surface area contributed by atoms with Gasteiger partial charge >= 0.3 is 0 Å². The molecular formula is C51H37N. The molecule has 0 bridgehead atoms. The molecule has 0 fully saturated rings. The molecule has 0 saturated heterocycles. The molecule has 0 aliphatic heterocycles. The van der Waals surface area contributed by atoms with E-state index in [1.54, 1.807) is 0 Å². The van der Waals surface area contributed by atoms with Crippen molar-refractivity contribution in [2.24, 2.45) is 5.92 Å². The first-order chi connectivity index (χ1) is 25.8. The Hall–Kier alpha value is -6.62. The van der Waals surface area contributed by atoms with Gasteiger partial charge in [0.05, 0.1) is 0 Å². The summed E-state index contributed by atoms with van der Waals surface area (Å²) in [6.07, 6.45) is 9.60. The summed E-state index contributed by atoms with van der Waals surface area (Å²) in [6.45, 7) is 0. The first-order valence-electron chi connectivity index (χ1n) is 18.0. The molecule has 1 nitrogen and oxygen atoms in total. The predicted octanol–water partition coefficient (Wildman–Crippen LogP) is 12.9. The van der Waals surface area contributed by atoms with Gasteiger partial charge in [-0.15, -0.1) is 0 Å². The van der Waals surface area contributed by atoms with E-state index in [1.807, 2.05) is 0 Å². The smallest absolute Gasteiger partial charge is 0.107 e. The summed E-state index contributed by atoms with van der Waals surface area (Å²) in [5, 5.41) is 0. The molecule has 0 spiro atoms. The van der Waals surface area contributed by atoms with E-state index in [9.17, 15) is 0 Å². The van der Waals surface area contributed by atoms with E-state index < -0.39 is 5.41 Å². The molecule has 7 aromatic rings. The number of benzene rings is 7. The average molecular weight is 664 g/mol. The molecule has 246 valence electrons. The van der Waals surface area contributed by atoms with Crippen LogP contribution in [-0.2, 0) is 5.41 Å². The number of anilines is 3. The summed E-state index contributed by atoms with van der Waals surface area (Å²) in [5.41, 5.74) is 13.7. The Balaban J connectivity index is 1.14. The quantitative estimate of drug-likeness (QED) is 0.160. The van der Waals surface area contributed by atoms with Gasteiger partial charge in [-0.2, -0.15) is 0 Å². The lowest BCUT2D eigenvalue weighted by Gasteiger charge is -2.29. The van der Waals surface area contributed by atoms with Crippen molar-refractivity contribution >= 4 is 17.1 Å². The Bertz CT molecular complexity index is 2460. The molecular weight excluding hydrogens is 627 g/mol. The lowest BCUT2D eigenvalue weighted by Crippen LogP contribution is -2.25. The van der Waals surface area contributed by atoms with Gasteiger partial charge in [-0.3, -0.25) is 0 Å². The summed E-state index contributed by atoms with van der Waals surface area (Å²) in [6, 6.07) is 65.6. The van der Waals surface area contributed by atoms with Gasteiger partial charge in [0.2, 0.25) is 0 Å². The van der Waals surface area contributed by atoms with Crippen LogP contribution in [0, 0.1) is 17.8 Å². The Kier molecular flexibility index (Phi) is 8.20. The Morgan fingerprint density at radius 2 is 1.00 bits per heavy atom. The zero-order valence-electron chi connectivity index (χ0n) is 28.9. The molecule has 2 atom stereocenters.